The Morgan fingerprint density at radius 2 is 1.06 bits per heavy atom. The molecule has 0 heterocycles. The fourth-order valence-corrected chi connectivity index (χ4v) is 2.96. The summed E-state index contributed by atoms with van der Waals surface area (Å²) in [5.74, 6) is 1.08. The highest BCUT2D eigenvalue weighted by Crippen LogP contribution is 2.43. The lowest BCUT2D eigenvalue weighted by Gasteiger charge is -2.19. The Morgan fingerprint density at radius 3 is 1.44 bits per heavy atom. The van der Waals surface area contributed by atoms with Crippen molar-refractivity contribution in [3.8, 4) is 0 Å². The van der Waals surface area contributed by atoms with Crippen LogP contribution in [-0.2, 0) is 4.79 Å². The number of hydrogen-bond donors (Lipinski definition) is 0. The van der Waals surface area contributed by atoms with Gasteiger partial charge < -0.3 is 0 Å². The molecule has 2 aromatic rings. The van der Waals surface area contributed by atoms with E-state index in [4.69, 9.17) is 0 Å². The van der Waals surface area contributed by atoms with Crippen LogP contribution in [0.3, 0.4) is 0 Å². The van der Waals surface area contributed by atoms with Gasteiger partial charge in [0.15, 0.2) is 0 Å². The molecule has 0 N–H and O–H groups in total. The Morgan fingerprint density at radius 1 is 0.667 bits per heavy atom. The first kappa shape index (κ1) is 11.2. The first-order valence-corrected chi connectivity index (χ1v) is 6.46. The Hall–Kier alpha value is -1.89. The number of rotatable bonds is 2. The number of hydrogen-bond acceptors (Lipinski definition) is 1. The summed E-state index contributed by atoms with van der Waals surface area (Å²) in [5.41, 5.74) is 2.58. The summed E-state index contributed by atoms with van der Waals surface area (Å²) in [7, 11) is 0. The molecule has 1 fully saturated rings. The number of carbonyl (C=O) groups is 1. The highest BCUT2D eigenvalue weighted by atomic mass is 16.1. The van der Waals surface area contributed by atoms with E-state index in [-0.39, 0.29) is 0 Å². The Labute approximate surface area is 107 Å². The molecule has 1 nitrogen and oxygen atoms in total. The maximum atomic E-state index is 11.8. The van der Waals surface area contributed by atoms with E-state index >= 15 is 0 Å². The summed E-state index contributed by atoms with van der Waals surface area (Å²) in [4.78, 5) is 11.8. The lowest BCUT2D eigenvalue weighted by Crippen LogP contribution is -2.04. The second-order valence-electron chi connectivity index (χ2n) is 4.98. The molecule has 3 rings (SSSR count). The molecule has 0 aromatic heterocycles. The molecule has 1 heteroatoms. The maximum Gasteiger partial charge on any atom is 0.134 e. The second kappa shape index (κ2) is 4.77. The van der Waals surface area contributed by atoms with Crippen LogP contribution in [-0.4, -0.2) is 5.78 Å². The van der Waals surface area contributed by atoms with E-state index in [1.807, 2.05) is 12.1 Å². The molecule has 0 bridgehead atoms. The SMILES string of the molecule is O=C1CC(c2ccccc2)C(c2ccccc2)C1. The number of Topliss-reactive ketones (excluding diaryl/α,β-unsaturated/α-hetero) is 1. The predicted molar refractivity (Wildman–Crippen MR) is 72.6 cm³/mol. The van der Waals surface area contributed by atoms with Gasteiger partial charge in [-0.3, -0.25) is 4.79 Å². The molecule has 2 atom stereocenters. The van der Waals surface area contributed by atoms with E-state index in [0.29, 0.717) is 30.5 Å². The molecule has 18 heavy (non-hydrogen) atoms. The van der Waals surface area contributed by atoms with Gasteiger partial charge in [0.25, 0.3) is 0 Å². The predicted octanol–water partition coefficient (Wildman–Crippen LogP) is 3.92. The highest BCUT2D eigenvalue weighted by molar-refractivity contribution is 5.83. The molecule has 90 valence electrons. The van der Waals surface area contributed by atoms with Crippen LogP contribution >= 0.6 is 0 Å². The summed E-state index contributed by atoms with van der Waals surface area (Å²) in [5, 5.41) is 0. The van der Waals surface area contributed by atoms with Gasteiger partial charge in [0.05, 0.1) is 0 Å². The Kier molecular flexibility index (Phi) is 2.97. The van der Waals surface area contributed by atoms with Gasteiger partial charge in [-0.15, -0.1) is 0 Å². The van der Waals surface area contributed by atoms with E-state index < -0.39 is 0 Å². The minimum atomic E-state index is 0.348. The molecule has 2 unspecified atom stereocenters. The van der Waals surface area contributed by atoms with Crippen LogP contribution in [0.5, 0.6) is 0 Å². The second-order valence-corrected chi connectivity index (χ2v) is 4.98. The lowest BCUT2D eigenvalue weighted by molar-refractivity contribution is -0.117. The van der Waals surface area contributed by atoms with Crippen molar-refractivity contribution in [2.24, 2.45) is 0 Å². The fraction of sp³-hybridized carbons (Fsp3) is 0.235. The van der Waals surface area contributed by atoms with Crippen LogP contribution < -0.4 is 0 Å². The number of carbonyl (C=O) groups excluding carboxylic acids is 1. The molecule has 2 aromatic carbocycles. The molecule has 1 aliphatic rings. The average molecular weight is 236 g/mol. The van der Waals surface area contributed by atoms with Crippen molar-refractivity contribution in [3.63, 3.8) is 0 Å². The lowest BCUT2D eigenvalue weighted by atomic mass is 9.84. The van der Waals surface area contributed by atoms with E-state index in [0.717, 1.165) is 0 Å². The fourth-order valence-electron chi connectivity index (χ4n) is 2.96. The van der Waals surface area contributed by atoms with E-state index in [1.54, 1.807) is 0 Å². The van der Waals surface area contributed by atoms with E-state index in [9.17, 15) is 4.79 Å². The number of ketones is 1. The van der Waals surface area contributed by atoms with Gasteiger partial charge in [-0.2, -0.15) is 0 Å². The van der Waals surface area contributed by atoms with Crippen molar-refractivity contribution in [1.29, 1.82) is 0 Å². The van der Waals surface area contributed by atoms with Crippen molar-refractivity contribution >= 4 is 5.78 Å². The topological polar surface area (TPSA) is 17.1 Å². The summed E-state index contributed by atoms with van der Waals surface area (Å²) in [6.07, 6.45) is 1.37. The zero-order valence-electron chi connectivity index (χ0n) is 10.3. The molecular weight excluding hydrogens is 220 g/mol. The molecule has 0 aliphatic heterocycles. The van der Waals surface area contributed by atoms with E-state index in [1.165, 1.54) is 11.1 Å². The summed E-state index contributed by atoms with van der Waals surface area (Å²) < 4.78 is 0. The van der Waals surface area contributed by atoms with Gasteiger partial charge >= 0.3 is 0 Å². The van der Waals surface area contributed by atoms with E-state index in [2.05, 4.69) is 48.5 Å². The summed E-state index contributed by atoms with van der Waals surface area (Å²) in [6, 6.07) is 20.8. The molecule has 0 amide bonds. The van der Waals surface area contributed by atoms with Crippen LogP contribution in [0.1, 0.15) is 35.8 Å². The quantitative estimate of drug-likeness (QED) is 0.772. The van der Waals surface area contributed by atoms with Crippen molar-refractivity contribution < 1.29 is 4.79 Å². The maximum absolute atomic E-state index is 11.8. The zero-order chi connectivity index (χ0) is 12.4. The molecule has 1 aliphatic carbocycles. The normalized spacial score (nSPS) is 23.2. The van der Waals surface area contributed by atoms with Crippen LogP contribution in [0.2, 0.25) is 0 Å². The van der Waals surface area contributed by atoms with Gasteiger partial charge in [-0.1, -0.05) is 60.7 Å². The van der Waals surface area contributed by atoms with Gasteiger partial charge in [-0.25, -0.2) is 0 Å². The van der Waals surface area contributed by atoms with Gasteiger partial charge in [-0.05, 0) is 23.0 Å². The zero-order valence-corrected chi connectivity index (χ0v) is 10.3. The van der Waals surface area contributed by atoms with Crippen molar-refractivity contribution in [1.82, 2.24) is 0 Å². The molecule has 0 spiro atoms. The third kappa shape index (κ3) is 2.08. The van der Waals surface area contributed by atoms with Crippen molar-refractivity contribution in [3.05, 3.63) is 71.8 Å². The average Bonchev–Trinajstić information content (AvgIpc) is 2.83. The number of benzene rings is 2. The van der Waals surface area contributed by atoms with Crippen LogP contribution in [0.15, 0.2) is 60.7 Å². The third-order valence-corrected chi connectivity index (χ3v) is 3.84. The third-order valence-electron chi connectivity index (χ3n) is 3.84. The Bertz CT molecular complexity index is 481. The van der Waals surface area contributed by atoms with Gasteiger partial charge in [0.1, 0.15) is 5.78 Å². The molecular formula is C17H16O. The summed E-state index contributed by atoms with van der Waals surface area (Å²) in [6.45, 7) is 0. The minimum Gasteiger partial charge on any atom is -0.300 e. The molecule has 0 radical (unpaired) electrons. The standard InChI is InChI=1S/C17H16O/c18-15-11-16(13-7-3-1-4-8-13)17(12-15)14-9-5-2-6-10-14/h1-10,16-17H,11-12H2. The van der Waals surface area contributed by atoms with Gasteiger partial charge in [0.2, 0.25) is 0 Å². The largest absolute Gasteiger partial charge is 0.300 e. The first-order valence-electron chi connectivity index (χ1n) is 6.46. The highest BCUT2D eigenvalue weighted by Gasteiger charge is 2.34. The summed E-state index contributed by atoms with van der Waals surface area (Å²) >= 11 is 0. The van der Waals surface area contributed by atoms with Gasteiger partial charge in [0, 0.05) is 12.8 Å². The molecule has 0 saturated heterocycles. The molecule has 1 saturated carbocycles. The van der Waals surface area contributed by atoms with Crippen LogP contribution in [0.25, 0.3) is 0 Å². The Balaban J connectivity index is 1.96. The smallest absolute Gasteiger partial charge is 0.134 e. The minimum absolute atomic E-state index is 0.348. The van der Waals surface area contributed by atoms with Crippen molar-refractivity contribution in [2.75, 3.05) is 0 Å². The van der Waals surface area contributed by atoms with Crippen molar-refractivity contribution in [2.45, 2.75) is 24.7 Å². The first-order chi connectivity index (χ1) is 8.84. The monoisotopic (exact) mass is 236 g/mol. The van der Waals surface area contributed by atoms with Crippen LogP contribution in [0.4, 0.5) is 0 Å². The van der Waals surface area contributed by atoms with Crippen LogP contribution in [0, 0.1) is 0 Å².